The predicted octanol–water partition coefficient (Wildman–Crippen LogP) is 2.46. The van der Waals surface area contributed by atoms with Crippen molar-refractivity contribution >= 4 is 17.5 Å². The van der Waals surface area contributed by atoms with Crippen LogP contribution in [0.3, 0.4) is 0 Å². The third kappa shape index (κ3) is 5.79. The number of pyridine rings is 1. The van der Waals surface area contributed by atoms with E-state index in [2.05, 4.69) is 58.2 Å². The van der Waals surface area contributed by atoms with E-state index in [1.165, 1.54) is 0 Å². The van der Waals surface area contributed by atoms with Crippen LogP contribution < -0.4 is 10.6 Å². The van der Waals surface area contributed by atoms with Crippen molar-refractivity contribution < 1.29 is 4.79 Å². The Bertz CT molecular complexity index is 666. The fourth-order valence-electron chi connectivity index (χ4n) is 2.65. The van der Waals surface area contributed by atoms with Crippen LogP contribution in [0.4, 0.5) is 11.6 Å². The third-order valence-corrected chi connectivity index (χ3v) is 3.82. The van der Waals surface area contributed by atoms with Crippen LogP contribution in [-0.4, -0.2) is 50.9 Å². The first-order valence-electron chi connectivity index (χ1n) is 8.50. The monoisotopic (exact) mass is 342 g/mol. The minimum Gasteiger partial charge on any atom is -0.351 e. The lowest BCUT2D eigenvalue weighted by Gasteiger charge is -2.30. The van der Waals surface area contributed by atoms with Crippen molar-refractivity contribution in [3.05, 3.63) is 42.5 Å². The topological polar surface area (TPSA) is 83.0 Å². The number of rotatable bonds is 8. The van der Waals surface area contributed by atoms with Gasteiger partial charge < -0.3 is 10.6 Å². The van der Waals surface area contributed by atoms with E-state index in [1.807, 2.05) is 0 Å². The number of hydrogen-bond acceptors (Lipinski definition) is 6. The first-order chi connectivity index (χ1) is 12.0. The van der Waals surface area contributed by atoms with Gasteiger partial charge >= 0.3 is 0 Å². The number of nitrogens with zero attached hydrogens (tertiary/aromatic N) is 4. The van der Waals surface area contributed by atoms with E-state index in [4.69, 9.17) is 0 Å². The van der Waals surface area contributed by atoms with Crippen LogP contribution in [0, 0.1) is 0 Å². The van der Waals surface area contributed by atoms with Gasteiger partial charge in [0.2, 0.25) is 0 Å². The van der Waals surface area contributed by atoms with E-state index in [0.717, 1.165) is 6.54 Å². The van der Waals surface area contributed by atoms with Gasteiger partial charge in [-0.2, -0.15) is 0 Å². The fourth-order valence-corrected chi connectivity index (χ4v) is 2.65. The number of aromatic nitrogens is 3. The van der Waals surface area contributed by atoms with Crippen LogP contribution in [0.5, 0.6) is 0 Å². The SMILES string of the molecule is CC(C)N(CCNC(=O)c1ccnc(Nc2cnccn2)c1)C(C)C. The molecule has 2 heterocycles. The molecule has 2 N–H and O–H groups in total. The summed E-state index contributed by atoms with van der Waals surface area (Å²) in [7, 11) is 0. The van der Waals surface area contributed by atoms with E-state index in [9.17, 15) is 4.79 Å². The van der Waals surface area contributed by atoms with Gasteiger partial charge in [0.15, 0.2) is 0 Å². The quantitative estimate of drug-likeness (QED) is 0.767. The summed E-state index contributed by atoms with van der Waals surface area (Å²) in [5.74, 6) is 1.02. The highest BCUT2D eigenvalue weighted by Gasteiger charge is 2.13. The Kier molecular flexibility index (Phi) is 6.82. The minimum absolute atomic E-state index is 0.114. The van der Waals surface area contributed by atoms with Crippen LogP contribution in [0.15, 0.2) is 36.9 Å². The summed E-state index contributed by atoms with van der Waals surface area (Å²) in [4.78, 5) is 27.0. The Labute approximate surface area is 148 Å². The molecule has 2 aromatic rings. The molecule has 134 valence electrons. The molecule has 0 fully saturated rings. The first kappa shape index (κ1) is 18.8. The van der Waals surface area contributed by atoms with E-state index >= 15 is 0 Å². The molecule has 0 saturated heterocycles. The molecule has 0 bridgehead atoms. The number of amides is 1. The molecule has 7 heteroatoms. The maximum atomic E-state index is 12.4. The summed E-state index contributed by atoms with van der Waals surface area (Å²) in [6, 6.07) is 4.29. The van der Waals surface area contributed by atoms with Crippen molar-refractivity contribution in [3.8, 4) is 0 Å². The maximum Gasteiger partial charge on any atom is 0.251 e. The van der Waals surface area contributed by atoms with Crippen LogP contribution in [0.25, 0.3) is 0 Å². The van der Waals surface area contributed by atoms with E-state index in [0.29, 0.717) is 35.8 Å². The number of hydrogen-bond donors (Lipinski definition) is 2. The third-order valence-electron chi connectivity index (χ3n) is 3.82. The number of nitrogens with one attached hydrogen (secondary N) is 2. The lowest BCUT2D eigenvalue weighted by atomic mass is 10.2. The van der Waals surface area contributed by atoms with Crippen LogP contribution in [0.1, 0.15) is 38.1 Å². The van der Waals surface area contributed by atoms with Gasteiger partial charge in [-0.05, 0) is 39.8 Å². The average molecular weight is 342 g/mol. The second kappa shape index (κ2) is 9.08. The van der Waals surface area contributed by atoms with Crippen molar-refractivity contribution in [2.75, 3.05) is 18.4 Å². The molecule has 7 nitrogen and oxygen atoms in total. The summed E-state index contributed by atoms with van der Waals surface area (Å²) in [6.07, 6.45) is 6.39. The Morgan fingerprint density at radius 3 is 2.44 bits per heavy atom. The van der Waals surface area contributed by atoms with E-state index in [-0.39, 0.29) is 5.91 Å². The van der Waals surface area contributed by atoms with Crippen molar-refractivity contribution in [2.45, 2.75) is 39.8 Å². The molecule has 2 aromatic heterocycles. The molecule has 0 spiro atoms. The second-order valence-electron chi connectivity index (χ2n) is 6.33. The van der Waals surface area contributed by atoms with Crippen molar-refractivity contribution in [1.82, 2.24) is 25.2 Å². The molecule has 0 atom stereocenters. The van der Waals surface area contributed by atoms with E-state index in [1.54, 1.807) is 36.9 Å². The zero-order valence-electron chi connectivity index (χ0n) is 15.2. The standard InChI is InChI=1S/C18H26N6O/c1-13(2)24(14(3)4)10-9-22-18(25)15-5-6-20-16(11-15)23-17-12-19-7-8-21-17/h5-8,11-14H,9-10H2,1-4H3,(H,22,25)(H,20,21,23). The van der Waals surface area contributed by atoms with Crippen LogP contribution in [0.2, 0.25) is 0 Å². The number of anilines is 2. The smallest absolute Gasteiger partial charge is 0.251 e. The van der Waals surface area contributed by atoms with Crippen LogP contribution >= 0.6 is 0 Å². The summed E-state index contributed by atoms with van der Waals surface area (Å²) >= 11 is 0. The van der Waals surface area contributed by atoms with Crippen molar-refractivity contribution in [3.63, 3.8) is 0 Å². The molecule has 0 aliphatic heterocycles. The van der Waals surface area contributed by atoms with Gasteiger partial charge in [0.25, 0.3) is 5.91 Å². The molecular weight excluding hydrogens is 316 g/mol. The first-order valence-corrected chi connectivity index (χ1v) is 8.50. The van der Waals surface area contributed by atoms with Crippen molar-refractivity contribution in [1.29, 1.82) is 0 Å². The summed E-state index contributed by atoms with van der Waals surface area (Å²) in [5.41, 5.74) is 0.557. The van der Waals surface area contributed by atoms with Gasteiger partial charge in [0, 0.05) is 49.3 Å². The van der Waals surface area contributed by atoms with Crippen molar-refractivity contribution in [2.24, 2.45) is 0 Å². The Balaban J connectivity index is 1.92. The predicted molar refractivity (Wildman–Crippen MR) is 98.9 cm³/mol. The molecule has 0 aromatic carbocycles. The molecule has 1 amide bonds. The Morgan fingerprint density at radius 1 is 1.08 bits per heavy atom. The molecule has 0 saturated carbocycles. The number of carbonyl (C=O) groups is 1. The highest BCUT2D eigenvalue weighted by molar-refractivity contribution is 5.94. The summed E-state index contributed by atoms with van der Waals surface area (Å²) in [5, 5.41) is 6.00. The maximum absolute atomic E-state index is 12.4. The second-order valence-corrected chi connectivity index (χ2v) is 6.33. The average Bonchev–Trinajstić information content (AvgIpc) is 2.59. The highest BCUT2D eigenvalue weighted by Crippen LogP contribution is 2.12. The van der Waals surface area contributed by atoms with Gasteiger partial charge in [-0.1, -0.05) is 0 Å². The minimum atomic E-state index is -0.114. The molecule has 0 unspecified atom stereocenters. The Hall–Kier alpha value is -2.54. The fraction of sp³-hybridized carbons (Fsp3) is 0.444. The molecule has 25 heavy (non-hydrogen) atoms. The molecule has 2 rings (SSSR count). The molecule has 0 aliphatic rings. The molecule has 0 radical (unpaired) electrons. The zero-order chi connectivity index (χ0) is 18.2. The van der Waals surface area contributed by atoms with E-state index < -0.39 is 0 Å². The molecule has 0 aliphatic carbocycles. The van der Waals surface area contributed by atoms with Gasteiger partial charge in [0.1, 0.15) is 11.6 Å². The Morgan fingerprint density at radius 2 is 1.80 bits per heavy atom. The number of carbonyl (C=O) groups excluding carboxylic acids is 1. The summed E-state index contributed by atoms with van der Waals surface area (Å²) < 4.78 is 0. The van der Waals surface area contributed by atoms with Gasteiger partial charge in [0.05, 0.1) is 6.20 Å². The lowest BCUT2D eigenvalue weighted by molar-refractivity contribution is 0.0939. The van der Waals surface area contributed by atoms with Gasteiger partial charge in [-0.3, -0.25) is 14.7 Å². The lowest BCUT2D eigenvalue weighted by Crippen LogP contribution is -2.42. The molecular formula is C18H26N6O. The zero-order valence-corrected chi connectivity index (χ0v) is 15.2. The summed E-state index contributed by atoms with van der Waals surface area (Å²) in [6.45, 7) is 10.1. The normalized spacial score (nSPS) is 11.2. The highest BCUT2D eigenvalue weighted by atomic mass is 16.1. The van der Waals surface area contributed by atoms with Crippen LogP contribution in [-0.2, 0) is 0 Å². The van der Waals surface area contributed by atoms with Gasteiger partial charge in [-0.25, -0.2) is 9.97 Å². The largest absolute Gasteiger partial charge is 0.351 e. The van der Waals surface area contributed by atoms with Gasteiger partial charge in [-0.15, -0.1) is 0 Å².